The fraction of sp³-hybridized carbons (Fsp3) is 0.217. The van der Waals surface area contributed by atoms with Crippen LogP contribution in [-0.4, -0.2) is 9.97 Å². The molecule has 1 atom stereocenters. The molecule has 2 aromatic carbocycles. The molecule has 134 valence electrons. The number of aromatic nitrogens is 2. The summed E-state index contributed by atoms with van der Waals surface area (Å²) in [6, 6.07) is 13.0. The lowest BCUT2D eigenvalue weighted by atomic mass is 9.76. The molecule has 0 unspecified atom stereocenters. The first-order valence-electron chi connectivity index (χ1n) is 9.40. The van der Waals surface area contributed by atoms with Crippen LogP contribution in [0.3, 0.4) is 0 Å². The van der Waals surface area contributed by atoms with Crippen molar-refractivity contribution in [3.05, 3.63) is 76.2 Å². The first kappa shape index (κ1) is 16.5. The molecule has 0 fully saturated rings. The van der Waals surface area contributed by atoms with Crippen molar-refractivity contribution < 1.29 is 0 Å². The Bertz CT molecular complexity index is 1070. The van der Waals surface area contributed by atoms with Crippen molar-refractivity contribution >= 4 is 29.2 Å². The van der Waals surface area contributed by atoms with Crippen LogP contribution in [0.15, 0.2) is 48.7 Å². The molecule has 5 rings (SSSR count). The van der Waals surface area contributed by atoms with E-state index >= 15 is 0 Å². The van der Waals surface area contributed by atoms with Gasteiger partial charge in [-0.1, -0.05) is 37.3 Å². The van der Waals surface area contributed by atoms with E-state index in [1.54, 1.807) is 11.8 Å². The standard InChI is InChI=1S/C23H20ClN3/c1-14-3-2-4-16-7-9-18-19(22(14)16)10-6-15-5-8-17(13-20(15)18)26-21-11-12-25-23(24)27-21/h2,4-5,7-9,11-14H,3,6,10H2,1H3,(H,25,26,27)/t14-/m1/s1. The first-order chi connectivity index (χ1) is 13.2. The number of anilines is 2. The number of hydrogen-bond acceptors (Lipinski definition) is 3. The SMILES string of the molecule is C[C@@H]1CC=Cc2ccc3c(c21)CCc1ccc(Nc2ccnc(Cl)n2)cc1-3. The minimum absolute atomic E-state index is 0.247. The summed E-state index contributed by atoms with van der Waals surface area (Å²) in [4.78, 5) is 8.17. The Hall–Kier alpha value is -2.65. The van der Waals surface area contributed by atoms with Crippen LogP contribution in [0.5, 0.6) is 0 Å². The molecule has 0 spiro atoms. The number of allylic oxidation sites excluding steroid dienone is 1. The molecule has 27 heavy (non-hydrogen) atoms. The molecule has 0 aliphatic heterocycles. The summed E-state index contributed by atoms with van der Waals surface area (Å²) < 4.78 is 0. The molecule has 1 heterocycles. The fourth-order valence-electron chi connectivity index (χ4n) is 4.38. The lowest BCUT2D eigenvalue weighted by Crippen LogP contribution is -2.12. The third-order valence-electron chi connectivity index (χ3n) is 5.61. The summed E-state index contributed by atoms with van der Waals surface area (Å²) in [6.45, 7) is 2.34. The van der Waals surface area contributed by atoms with E-state index in [1.807, 2.05) is 6.07 Å². The Kier molecular flexibility index (Phi) is 3.98. The minimum Gasteiger partial charge on any atom is -0.340 e. The van der Waals surface area contributed by atoms with E-state index in [1.165, 1.54) is 27.8 Å². The Morgan fingerprint density at radius 3 is 2.89 bits per heavy atom. The van der Waals surface area contributed by atoms with Gasteiger partial charge in [0.25, 0.3) is 0 Å². The molecule has 0 bridgehead atoms. The molecule has 0 amide bonds. The second kappa shape index (κ2) is 6.50. The molecule has 3 nitrogen and oxygen atoms in total. The van der Waals surface area contributed by atoms with Gasteiger partial charge in [-0.15, -0.1) is 0 Å². The molecule has 0 saturated heterocycles. The van der Waals surface area contributed by atoms with Gasteiger partial charge in [-0.25, -0.2) is 9.97 Å². The lowest BCUT2D eigenvalue weighted by molar-refractivity contribution is 0.750. The number of nitrogens with one attached hydrogen (secondary N) is 1. The van der Waals surface area contributed by atoms with Gasteiger partial charge < -0.3 is 5.32 Å². The maximum Gasteiger partial charge on any atom is 0.224 e. The third-order valence-corrected chi connectivity index (χ3v) is 5.80. The summed E-state index contributed by atoms with van der Waals surface area (Å²) in [7, 11) is 0. The normalized spacial score (nSPS) is 17.0. The third kappa shape index (κ3) is 2.92. The number of nitrogens with zero attached hydrogens (tertiary/aromatic N) is 2. The largest absolute Gasteiger partial charge is 0.340 e. The van der Waals surface area contributed by atoms with E-state index in [9.17, 15) is 0 Å². The summed E-state index contributed by atoms with van der Waals surface area (Å²) >= 11 is 5.91. The number of rotatable bonds is 2. The average molecular weight is 374 g/mol. The van der Waals surface area contributed by atoms with Crippen LogP contribution in [0.25, 0.3) is 17.2 Å². The van der Waals surface area contributed by atoms with Crippen LogP contribution in [0, 0.1) is 0 Å². The molecular formula is C23H20ClN3. The van der Waals surface area contributed by atoms with Crippen molar-refractivity contribution in [1.82, 2.24) is 9.97 Å². The van der Waals surface area contributed by atoms with Crippen LogP contribution in [0.1, 0.15) is 41.5 Å². The molecule has 2 aliphatic rings. The van der Waals surface area contributed by atoms with Gasteiger partial charge in [0, 0.05) is 11.9 Å². The summed E-state index contributed by atoms with van der Waals surface area (Å²) in [5.74, 6) is 1.29. The Morgan fingerprint density at radius 2 is 2.00 bits per heavy atom. The van der Waals surface area contributed by atoms with E-state index in [0.29, 0.717) is 11.7 Å². The van der Waals surface area contributed by atoms with Crippen LogP contribution in [-0.2, 0) is 12.8 Å². The Balaban J connectivity index is 1.58. The molecule has 1 aromatic heterocycles. The second-order valence-electron chi connectivity index (χ2n) is 7.34. The monoisotopic (exact) mass is 373 g/mol. The van der Waals surface area contributed by atoms with Crippen LogP contribution in [0.2, 0.25) is 5.28 Å². The zero-order valence-corrected chi connectivity index (χ0v) is 15.9. The van der Waals surface area contributed by atoms with Crippen molar-refractivity contribution in [3.63, 3.8) is 0 Å². The number of hydrogen-bond donors (Lipinski definition) is 1. The van der Waals surface area contributed by atoms with E-state index < -0.39 is 0 Å². The molecule has 0 radical (unpaired) electrons. The molecule has 1 N–H and O–H groups in total. The van der Waals surface area contributed by atoms with E-state index in [4.69, 9.17) is 11.6 Å². The second-order valence-corrected chi connectivity index (χ2v) is 7.68. The van der Waals surface area contributed by atoms with Gasteiger partial charge in [0.2, 0.25) is 5.28 Å². The predicted molar refractivity (Wildman–Crippen MR) is 112 cm³/mol. The molecular weight excluding hydrogens is 354 g/mol. The topological polar surface area (TPSA) is 37.8 Å². The van der Waals surface area contributed by atoms with E-state index in [-0.39, 0.29) is 5.28 Å². The highest BCUT2D eigenvalue weighted by molar-refractivity contribution is 6.28. The first-order valence-corrected chi connectivity index (χ1v) is 9.78. The quantitative estimate of drug-likeness (QED) is 0.546. The average Bonchev–Trinajstić information content (AvgIpc) is 2.67. The molecule has 0 saturated carbocycles. The van der Waals surface area contributed by atoms with Crippen molar-refractivity contribution in [2.24, 2.45) is 0 Å². The highest BCUT2D eigenvalue weighted by atomic mass is 35.5. The van der Waals surface area contributed by atoms with Gasteiger partial charge in [-0.2, -0.15) is 0 Å². The highest BCUT2D eigenvalue weighted by Gasteiger charge is 2.24. The molecule has 2 aliphatic carbocycles. The van der Waals surface area contributed by atoms with Crippen molar-refractivity contribution in [2.45, 2.75) is 32.1 Å². The zero-order chi connectivity index (χ0) is 18.4. The number of halogens is 1. The number of aryl methyl sites for hydroxylation is 1. The molecule has 4 heteroatoms. The van der Waals surface area contributed by atoms with Gasteiger partial charge in [-0.3, -0.25) is 0 Å². The van der Waals surface area contributed by atoms with Crippen LogP contribution in [0.4, 0.5) is 11.5 Å². The van der Waals surface area contributed by atoms with E-state index in [0.717, 1.165) is 24.9 Å². The number of benzene rings is 2. The van der Waals surface area contributed by atoms with Crippen LogP contribution < -0.4 is 5.32 Å². The van der Waals surface area contributed by atoms with Gasteiger partial charge in [0.05, 0.1) is 0 Å². The maximum absolute atomic E-state index is 5.91. The Labute approximate surface area is 164 Å². The molecule has 3 aromatic rings. The summed E-state index contributed by atoms with van der Waals surface area (Å²) in [5, 5.41) is 3.60. The van der Waals surface area contributed by atoms with Crippen molar-refractivity contribution in [3.8, 4) is 11.1 Å². The zero-order valence-electron chi connectivity index (χ0n) is 15.2. The summed E-state index contributed by atoms with van der Waals surface area (Å²) in [6.07, 6.45) is 9.58. The smallest absolute Gasteiger partial charge is 0.224 e. The minimum atomic E-state index is 0.247. The highest BCUT2D eigenvalue weighted by Crippen LogP contribution is 2.42. The lowest BCUT2D eigenvalue weighted by Gasteiger charge is -2.28. The predicted octanol–water partition coefficient (Wildman–Crippen LogP) is 6.16. The van der Waals surface area contributed by atoms with Crippen molar-refractivity contribution in [1.29, 1.82) is 0 Å². The summed E-state index contributed by atoms with van der Waals surface area (Å²) in [5.41, 5.74) is 9.59. The van der Waals surface area contributed by atoms with Gasteiger partial charge in [0.1, 0.15) is 5.82 Å². The van der Waals surface area contributed by atoms with Gasteiger partial charge >= 0.3 is 0 Å². The van der Waals surface area contributed by atoms with Crippen LogP contribution >= 0.6 is 11.6 Å². The van der Waals surface area contributed by atoms with E-state index in [2.05, 4.69) is 64.7 Å². The van der Waals surface area contributed by atoms with Gasteiger partial charge in [-0.05, 0) is 88.4 Å². The fourth-order valence-corrected chi connectivity index (χ4v) is 4.53. The van der Waals surface area contributed by atoms with Crippen molar-refractivity contribution in [2.75, 3.05) is 5.32 Å². The number of fused-ring (bicyclic) bond motifs is 5. The van der Waals surface area contributed by atoms with Gasteiger partial charge in [0.15, 0.2) is 0 Å². The maximum atomic E-state index is 5.91. The Morgan fingerprint density at radius 1 is 1.07 bits per heavy atom.